The van der Waals surface area contributed by atoms with Crippen LogP contribution in [0.2, 0.25) is 0 Å². The molecule has 6 nitrogen and oxygen atoms in total. The van der Waals surface area contributed by atoms with Crippen molar-refractivity contribution in [2.24, 2.45) is 0 Å². The van der Waals surface area contributed by atoms with E-state index in [1.54, 1.807) is 7.11 Å². The van der Waals surface area contributed by atoms with Crippen molar-refractivity contribution in [1.29, 1.82) is 0 Å². The number of hydrogen-bond acceptors (Lipinski definition) is 5. The van der Waals surface area contributed by atoms with E-state index in [4.69, 9.17) is 4.74 Å². The number of amides is 1. The lowest BCUT2D eigenvalue weighted by molar-refractivity contribution is -0.119. The van der Waals surface area contributed by atoms with E-state index >= 15 is 0 Å². The summed E-state index contributed by atoms with van der Waals surface area (Å²) in [5, 5.41) is 12.4. The van der Waals surface area contributed by atoms with Crippen molar-refractivity contribution >= 4 is 17.7 Å². The number of allylic oxidation sites excluding steroid dienone is 1. The van der Waals surface area contributed by atoms with Gasteiger partial charge in [0.05, 0.1) is 18.9 Å². The highest BCUT2D eigenvalue weighted by Gasteiger charge is 2.15. The number of benzene rings is 2. The number of carbonyl (C=O) groups is 1. The van der Waals surface area contributed by atoms with Crippen LogP contribution in [0.25, 0.3) is 0 Å². The number of ether oxygens (including phenoxy) is 1. The second kappa shape index (κ2) is 10.6. The third-order valence-corrected chi connectivity index (χ3v) is 5.60. The lowest BCUT2D eigenvalue weighted by Gasteiger charge is -2.14. The number of nitrogens with zero attached hydrogens (tertiary/aromatic N) is 3. The minimum absolute atomic E-state index is 0.0405. The first kappa shape index (κ1) is 21.6. The molecule has 0 aliphatic carbocycles. The molecule has 1 heterocycles. The smallest absolute Gasteiger partial charge is 0.230 e. The van der Waals surface area contributed by atoms with Crippen molar-refractivity contribution in [3.05, 3.63) is 84.2 Å². The fourth-order valence-corrected chi connectivity index (χ4v) is 3.81. The van der Waals surface area contributed by atoms with E-state index in [9.17, 15) is 4.79 Å². The number of methoxy groups -OCH3 is 1. The molecule has 1 aromatic heterocycles. The Hall–Kier alpha value is -3.06. The van der Waals surface area contributed by atoms with Gasteiger partial charge in [-0.25, -0.2) is 0 Å². The molecule has 2 aromatic carbocycles. The van der Waals surface area contributed by atoms with Crippen LogP contribution in [-0.4, -0.2) is 33.5 Å². The topological polar surface area (TPSA) is 69.0 Å². The van der Waals surface area contributed by atoms with Crippen LogP contribution in [0.15, 0.2) is 72.4 Å². The van der Waals surface area contributed by atoms with Gasteiger partial charge in [0, 0.05) is 13.0 Å². The predicted molar refractivity (Wildman–Crippen MR) is 120 cm³/mol. The third-order valence-electron chi connectivity index (χ3n) is 4.64. The Morgan fingerprint density at radius 1 is 1.20 bits per heavy atom. The number of aromatic nitrogens is 3. The summed E-state index contributed by atoms with van der Waals surface area (Å²) in [5.41, 5.74) is 2.19. The molecule has 1 N–H and O–H groups in total. The molecule has 0 aliphatic heterocycles. The van der Waals surface area contributed by atoms with Crippen molar-refractivity contribution in [3.63, 3.8) is 0 Å². The first-order chi connectivity index (χ1) is 14.6. The molecule has 3 rings (SSSR count). The van der Waals surface area contributed by atoms with Gasteiger partial charge in [-0.15, -0.1) is 16.8 Å². The number of thioether (sulfide) groups is 1. The third kappa shape index (κ3) is 5.73. The van der Waals surface area contributed by atoms with Gasteiger partial charge in [-0.05, 0) is 30.2 Å². The molecule has 156 valence electrons. The Morgan fingerprint density at radius 2 is 1.93 bits per heavy atom. The summed E-state index contributed by atoms with van der Waals surface area (Å²) in [4.78, 5) is 12.4. The summed E-state index contributed by atoms with van der Waals surface area (Å²) in [7, 11) is 1.65. The van der Waals surface area contributed by atoms with Crippen molar-refractivity contribution in [3.8, 4) is 5.75 Å². The van der Waals surface area contributed by atoms with E-state index in [2.05, 4.69) is 22.1 Å². The average molecular weight is 423 g/mol. The van der Waals surface area contributed by atoms with Crippen molar-refractivity contribution in [1.82, 2.24) is 20.1 Å². The summed E-state index contributed by atoms with van der Waals surface area (Å²) >= 11 is 1.38. The van der Waals surface area contributed by atoms with E-state index in [0.29, 0.717) is 18.1 Å². The summed E-state index contributed by atoms with van der Waals surface area (Å²) in [6, 6.07) is 17.7. The average Bonchev–Trinajstić information content (AvgIpc) is 3.15. The van der Waals surface area contributed by atoms with Gasteiger partial charge in [-0.1, -0.05) is 60.3 Å². The van der Waals surface area contributed by atoms with E-state index in [1.165, 1.54) is 11.8 Å². The molecule has 1 atom stereocenters. The van der Waals surface area contributed by atoms with E-state index < -0.39 is 0 Å². The monoisotopic (exact) mass is 422 g/mol. The van der Waals surface area contributed by atoms with Crippen molar-refractivity contribution < 1.29 is 9.53 Å². The minimum atomic E-state index is -0.0454. The van der Waals surface area contributed by atoms with E-state index in [1.807, 2.05) is 72.2 Å². The van der Waals surface area contributed by atoms with Crippen LogP contribution in [0.4, 0.5) is 0 Å². The van der Waals surface area contributed by atoms with Crippen LogP contribution in [0.5, 0.6) is 5.75 Å². The Balaban J connectivity index is 1.62. The maximum absolute atomic E-state index is 12.4. The predicted octanol–water partition coefficient (Wildman–Crippen LogP) is 4.03. The highest BCUT2D eigenvalue weighted by atomic mass is 32.2. The van der Waals surface area contributed by atoms with Crippen LogP contribution < -0.4 is 10.1 Å². The van der Waals surface area contributed by atoms with Crippen molar-refractivity contribution in [2.75, 3.05) is 12.9 Å². The summed E-state index contributed by atoms with van der Waals surface area (Å²) in [5.74, 6) is 1.88. The lowest BCUT2D eigenvalue weighted by Crippen LogP contribution is -2.28. The molecule has 1 amide bonds. The molecular weight excluding hydrogens is 396 g/mol. The quantitative estimate of drug-likeness (QED) is 0.395. The zero-order valence-corrected chi connectivity index (χ0v) is 18.1. The summed E-state index contributed by atoms with van der Waals surface area (Å²) in [6.45, 7) is 6.40. The van der Waals surface area contributed by atoms with Crippen LogP contribution >= 0.6 is 11.8 Å². The molecule has 0 aliphatic rings. The molecule has 7 heteroatoms. The molecule has 30 heavy (non-hydrogen) atoms. The Bertz CT molecular complexity index is 971. The lowest BCUT2D eigenvalue weighted by atomic mass is 10.1. The van der Waals surface area contributed by atoms with Gasteiger partial charge in [-0.2, -0.15) is 0 Å². The number of nitrogens with one attached hydrogen (secondary N) is 1. The maximum Gasteiger partial charge on any atom is 0.230 e. The highest BCUT2D eigenvalue weighted by molar-refractivity contribution is 7.99. The van der Waals surface area contributed by atoms with Crippen LogP contribution in [0.3, 0.4) is 0 Å². The first-order valence-electron chi connectivity index (χ1n) is 9.73. The zero-order valence-electron chi connectivity index (χ0n) is 17.2. The molecule has 1 unspecified atom stereocenters. The normalized spacial score (nSPS) is 11.7. The van der Waals surface area contributed by atoms with E-state index in [0.717, 1.165) is 22.7 Å². The van der Waals surface area contributed by atoms with Gasteiger partial charge < -0.3 is 14.6 Å². The molecular formula is C23H26N4O2S. The summed E-state index contributed by atoms with van der Waals surface area (Å²) < 4.78 is 7.20. The Labute approximate surface area is 181 Å². The molecule has 0 bridgehead atoms. The molecule has 0 radical (unpaired) electrons. The van der Waals surface area contributed by atoms with Crippen molar-refractivity contribution in [2.45, 2.75) is 31.1 Å². The van der Waals surface area contributed by atoms with Crippen LogP contribution in [0.1, 0.15) is 29.9 Å². The first-order valence-corrected chi connectivity index (χ1v) is 10.7. The van der Waals surface area contributed by atoms with Gasteiger partial charge in [0.25, 0.3) is 0 Å². The molecule has 0 spiro atoms. The molecule has 0 saturated heterocycles. The van der Waals surface area contributed by atoms with Gasteiger partial charge in [0.15, 0.2) is 5.16 Å². The SMILES string of the molecule is C=CCn1c(Cc2ccc(OC)cc2)nnc1SCC(=O)NC(C)c1ccccc1. The van der Waals surface area contributed by atoms with Gasteiger partial charge in [0.1, 0.15) is 11.6 Å². The fourth-order valence-electron chi connectivity index (χ4n) is 3.03. The largest absolute Gasteiger partial charge is 0.497 e. The molecule has 0 fully saturated rings. The second-order valence-corrected chi connectivity index (χ2v) is 7.75. The van der Waals surface area contributed by atoms with Crippen LogP contribution in [0, 0.1) is 0 Å². The van der Waals surface area contributed by atoms with Gasteiger partial charge in [-0.3, -0.25) is 4.79 Å². The zero-order chi connectivity index (χ0) is 21.3. The summed E-state index contributed by atoms with van der Waals surface area (Å²) in [6.07, 6.45) is 2.45. The second-order valence-electron chi connectivity index (χ2n) is 6.81. The Kier molecular flexibility index (Phi) is 7.68. The standard InChI is InChI=1S/C23H26N4O2S/c1-4-14-27-21(15-18-10-12-20(29-3)13-11-18)25-26-23(27)30-16-22(28)24-17(2)19-8-6-5-7-9-19/h4-13,17H,1,14-16H2,2-3H3,(H,24,28). The van der Waals surface area contributed by atoms with Gasteiger partial charge in [0.2, 0.25) is 5.91 Å². The molecule has 0 saturated carbocycles. The maximum atomic E-state index is 12.4. The number of carbonyl (C=O) groups excluding carboxylic acids is 1. The highest BCUT2D eigenvalue weighted by Crippen LogP contribution is 2.20. The van der Waals surface area contributed by atoms with Crippen LogP contribution in [-0.2, 0) is 17.8 Å². The van der Waals surface area contributed by atoms with Gasteiger partial charge >= 0.3 is 0 Å². The Morgan fingerprint density at radius 3 is 2.60 bits per heavy atom. The van der Waals surface area contributed by atoms with E-state index in [-0.39, 0.29) is 17.7 Å². The minimum Gasteiger partial charge on any atom is -0.497 e. The fraction of sp³-hybridized carbons (Fsp3) is 0.261. The molecule has 3 aromatic rings. The number of hydrogen-bond donors (Lipinski definition) is 1. The number of rotatable bonds is 10.